The standard InChI is InChI=1S/C30H40N4O/c1-7-17-32(11-5)30(35)28(23-31)24(6)29(10-4)34-20-18-33(19-21-34)27(9-3)22-25(8-2)26-15-13-12-14-16-26/h8-9,12-16,22,24,28H,3-4,7,11,17-21H2,1-2,5-6H3/b25-8+,27-22+. The first kappa shape index (κ1) is 27.8. The molecule has 35 heavy (non-hydrogen) atoms. The highest BCUT2D eigenvalue weighted by atomic mass is 16.2. The SMILES string of the molecule is C=C=C(C(C)C(C#N)C(=O)N(CC)CCC)N1CCN(/C(C=C)=C/C(=C\C)c2ccccc2)CC1. The molecule has 1 aliphatic heterocycles. The number of hydrogen-bond acceptors (Lipinski definition) is 4. The molecule has 186 valence electrons. The van der Waals surface area contributed by atoms with Gasteiger partial charge in [-0.2, -0.15) is 5.26 Å². The first-order chi connectivity index (χ1) is 16.9. The molecule has 5 heteroatoms. The van der Waals surface area contributed by atoms with Gasteiger partial charge >= 0.3 is 0 Å². The summed E-state index contributed by atoms with van der Waals surface area (Å²) < 4.78 is 0. The Morgan fingerprint density at radius 1 is 1.17 bits per heavy atom. The van der Waals surface area contributed by atoms with Crippen LogP contribution in [-0.4, -0.2) is 59.9 Å². The van der Waals surface area contributed by atoms with Gasteiger partial charge in [0.15, 0.2) is 0 Å². The summed E-state index contributed by atoms with van der Waals surface area (Å²) in [6, 6.07) is 12.6. The van der Waals surface area contributed by atoms with Crippen LogP contribution in [0.4, 0.5) is 0 Å². The topological polar surface area (TPSA) is 50.6 Å². The lowest BCUT2D eigenvalue weighted by molar-refractivity contribution is -0.134. The van der Waals surface area contributed by atoms with E-state index in [2.05, 4.69) is 59.0 Å². The molecule has 0 aliphatic carbocycles. The summed E-state index contributed by atoms with van der Waals surface area (Å²) in [6.45, 7) is 20.4. The van der Waals surface area contributed by atoms with Gasteiger partial charge in [-0.15, -0.1) is 5.73 Å². The van der Waals surface area contributed by atoms with Crippen LogP contribution in [0.1, 0.15) is 39.7 Å². The van der Waals surface area contributed by atoms with Crippen LogP contribution in [-0.2, 0) is 4.79 Å². The lowest BCUT2D eigenvalue weighted by Crippen LogP contribution is -2.47. The second-order valence-electron chi connectivity index (χ2n) is 8.73. The molecule has 1 amide bonds. The molecule has 0 N–H and O–H groups in total. The molecule has 1 aliphatic rings. The quantitative estimate of drug-likeness (QED) is 0.316. The normalized spacial score (nSPS) is 16.1. The number of amides is 1. The van der Waals surface area contributed by atoms with E-state index in [1.807, 2.05) is 52.0 Å². The van der Waals surface area contributed by atoms with Crippen molar-refractivity contribution in [3.8, 4) is 6.07 Å². The van der Waals surface area contributed by atoms with Gasteiger partial charge in [0.25, 0.3) is 0 Å². The average Bonchev–Trinajstić information content (AvgIpc) is 2.90. The van der Waals surface area contributed by atoms with E-state index in [4.69, 9.17) is 0 Å². The highest BCUT2D eigenvalue weighted by Gasteiger charge is 2.33. The summed E-state index contributed by atoms with van der Waals surface area (Å²) >= 11 is 0. The molecule has 1 aromatic rings. The second-order valence-corrected chi connectivity index (χ2v) is 8.73. The van der Waals surface area contributed by atoms with Gasteiger partial charge in [-0.3, -0.25) is 4.79 Å². The van der Waals surface area contributed by atoms with Crippen LogP contribution in [0.5, 0.6) is 0 Å². The molecule has 0 saturated carbocycles. The number of rotatable bonds is 11. The summed E-state index contributed by atoms with van der Waals surface area (Å²) in [7, 11) is 0. The van der Waals surface area contributed by atoms with E-state index in [1.165, 1.54) is 5.56 Å². The van der Waals surface area contributed by atoms with E-state index in [-0.39, 0.29) is 11.8 Å². The van der Waals surface area contributed by atoms with Crippen molar-refractivity contribution in [1.82, 2.24) is 14.7 Å². The van der Waals surface area contributed by atoms with Gasteiger partial charge in [0, 0.05) is 50.9 Å². The number of carbonyl (C=O) groups excluding carboxylic acids is 1. The number of piperazine rings is 1. The molecule has 1 saturated heterocycles. The minimum atomic E-state index is -0.740. The van der Waals surface area contributed by atoms with Gasteiger partial charge in [-0.25, -0.2) is 0 Å². The predicted molar refractivity (Wildman–Crippen MR) is 145 cm³/mol. The first-order valence-corrected chi connectivity index (χ1v) is 12.6. The fraction of sp³-hybridized carbons (Fsp3) is 0.433. The molecule has 5 nitrogen and oxygen atoms in total. The maximum Gasteiger partial charge on any atom is 0.240 e. The molecular weight excluding hydrogens is 432 g/mol. The molecule has 1 aromatic carbocycles. The van der Waals surface area contributed by atoms with Crippen molar-refractivity contribution in [3.05, 3.63) is 84.4 Å². The van der Waals surface area contributed by atoms with Gasteiger partial charge in [0.2, 0.25) is 5.91 Å². The van der Waals surface area contributed by atoms with Crippen LogP contribution in [0.2, 0.25) is 0 Å². The Morgan fingerprint density at radius 2 is 1.80 bits per heavy atom. The fourth-order valence-electron chi connectivity index (χ4n) is 4.60. The summed E-state index contributed by atoms with van der Waals surface area (Å²) in [5.74, 6) is -1.12. The Morgan fingerprint density at radius 3 is 2.29 bits per heavy atom. The number of nitrogens with zero attached hydrogens (tertiary/aromatic N) is 4. The van der Waals surface area contributed by atoms with E-state index >= 15 is 0 Å². The van der Waals surface area contributed by atoms with Crippen molar-refractivity contribution in [2.24, 2.45) is 11.8 Å². The first-order valence-electron chi connectivity index (χ1n) is 12.6. The zero-order valence-electron chi connectivity index (χ0n) is 21.8. The number of allylic oxidation sites excluding steroid dienone is 5. The summed E-state index contributed by atoms with van der Waals surface area (Å²) in [5.41, 5.74) is 7.33. The van der Waals surface area contributed by atoms with E-state index in [9.17, 15) is 10.1 Å². The van der Waals surface area contributed by atoms with Crippen LogP contribution < -0.4 is 0 Å². The van der Waals surface area contributed by atoms with Gasteiger partial charge in [-0.05, 0) is 43.6 Å². The molecule has 2 rings (SSSR count). The molecular formula is C30H40N4O. The lowest BCUT2D eigenvalue weighted by atomic mass is 9.90. The molecule has 2 unspecified atom stereocenters. The van der Waals surface area contributed by atoms with E-state index in [0.29, 0.717) is 13.1 Å². The van der Waals surface area contributed by atoms with Crippen molar-refractivity contribution in [2.75, 3.05) is 39.3 Å². The number of carbonyl (C=O) groups is 1. The van der Waals surface area contributed by atoms with E-state index < -0.39 is 5.92 Å². The van der Waals surface area contributed by atoms with Gasteiger partial charge in [0.1, 0.15) is 5.92 Å². The zero-order valence-corrected chi connectivity index (χ0v) is 21.8. The molecule has 0 bridgehead atoms. The zero-order chi connectivity index (χ0) is 25.8. The number of hydrogen-bond donors (Lipinski definition) is 0. The minimum Gasteiger partial charge on any atom is -0.368 e. The third kappa shape index (κ3) is 7.01. The number of nitriles is 1. The third-order valence-corrected chi connectivity index (χ3v) is 6.62. The van der Waals surface area contributed by atoms with Crippen LogP contribution in [0, 0.1) is 23.2 Å². The van der Waals surface area contributed by atoms with Crippen molar-refractivity contribution in [2.45, 2.75) is 34.1 Å². The molecule has 2 atom stereocenters. The summed E-state index contributed by atoms with van der Waals surface area (Å²) in [5, 5.41) is 9.86. The minimum absolute atomic E-state index is 0.104. The molecule has 1 fully saturated rings. The average molecular weight is 473 g/mol. The Kier molecular flexibility index (Phi) is 11.1. The predicted octanol–water partition coefficient (Wildman–Crippen LogP) is 5.48. The molecule has 1 heterocycles. The molecule has 0 aromatic heterocycles. The fourth-order valence-corrected chi connectivity index (χ4v) is 4.60. The van der Waals surface area contributed by atoms with E-state index in [1.54, 1.807) is 4.90 Å². The Hall–Kier alpha value is -3.48. The molecule has 0 radical (unpaired) electrons. The van der Waals surface area contributed by atoms with Crippen molar-refractivity contribution in [1.29, 1.82) is 5.26 Å². The second kappa shape index (κ2) is 14.0. The summed E-state index contributed by atoms with van der Waals surface area (Å²) in [4.78, 5) is 19.4. The van der Waals surface area contributed by atoms with Crippen LogP contribution in [0.3, 0.4) is 0 Å². The maximum absolute atomic E-state index is 13.1. The third-order valence-electron chi connectivity index (χ3n) is 6.62. The Labute approximate surface area is 212 Å². The van der Waals surface area contributed by atoms with Crippen LogP contribution in [0.15, 0.2) is 78.8 Å². The lowest BCUT2D eigenvalue weighted by Gasteiger charge is -2.40. The van der Waals surface area contributed by atoms with E-state index in [0.717, 1.165) is 49.6 Å². The molecule has 0 spiro atoms. The van der Waals surface area contributed by atoms with Crippen molar-refractivity contribution >= 4 is 11.5 Å². The van der Waals surface area contributed by atoms with Crippen molar-refractivity contribution in [3.63, 3.8) is 0 Å². The Bertz CT molecular complexity index is 1000. The summed E-state index contributed by atoms with van der Waals surface area (Å²) in [6.07, 6.45) is 7.08. The monoisotopic (exact) mass is 472 g/mol. The van der Waals surface area contributed by atoms with Crippen molar-refractivity contribution < 1.29 is 4.79 Å². The number of benzene rings is 1. The van der Waals surface area contributed by atoms with Gasteiger partial charge in [0.05, 0.1) is 11.8 Å². The smallest absolute Gasteiger partial charge is 0.240 e. The highest BCUT2D eigenvalue weighted by Crippen LogP contribution is 2.27. The Balaban J connectivity index is 2.13. The van der Waals surface area contributed by atoms with Crippen LogP contribution >= 0.6 is 0 Å². The van der Waals surface area contributed by atoms with Gasteiger partial charge in [-0.1, -0.05) is 63.4 Å². The maximum atomic E-state index is 13.1. The largest absolute Gasteiger partial charge is 0.368 e. The highest BCUT2D eigenvalue weighted by molar-refractivity contribution is 5.82. The van der Waals surface area contributed by atoms with Crippen LogP contribution in [0.25, 0.3) is 5.57 Å². The van der Waals surface area contributed by atoms with Gasteiger partial charge < -0.3 is 14.7 Å².